The number of aryl methyl sites for hydroxylation is 3. The summed E-state index contributed by atoms with van der Waals surface area (Å²) in [6.45, 7) is 5.27. The van der Waals surface area contributed by atoms with Crippen LogP contribution in [0.5, 0.6) is 5.75 Å². The van der Waals surface area contributed by atoms with Gasteiger partial charge in [-0.05, 0) is 92.3 Å². The highest BCUT2D eigenvalue weighted by Gasteiger charge is 2.35. The van der Waals surface area contributed by atoms with Gasteiger partial charge in [0, 0.05) is 19.0 Å². The molecule has 0 bridgehead atoms. The van der Waals surface area contributed by atoms with Crippen molar-refractivity contribution in [2.75, 3.05) is 18.0 Å². The summed E-state index contributed by atoms with van der Waals surface area (Å²) >= 11 is 0. The predicted molar refractivity (Wildman–Crippen MR) is 194 cm³/mol. The first kappa shape index (κ1) is 35.7. The molecule has 5 rings (SSSR count). The maximum atomic E-state index is 14.8. The van der Waals surface area contributed by atoms with Crippen molar-refractivity contribution in [1.82, 2.24) is 10.2 Å². The molecule has 9 heteroatoms. The van der Waals surface area contributed by atoms with Gasteiger partial charge in [0.1, 0.15) is 18.3 Å². The summed E-state index contributed by atoms with van der Waals surface area (Å²) in [5, 5.41) is 3.25. The van der Waals surface area contributed by atoms with Gasteiger partial charge < -0.3 is 15.0 Å². The van der Waals surface area contributed by atoms with Crippen LogP contribution < -0.4 is 14.4 Å². The normalized spacial score (nSPS) is 14.1. The Morgan fingerprint density at radius 2 is 1.45 bits per heavy atom. The lowest BCUT2D eigenvalue weighted by Crippen LogP contribution is -2.55. The number of methoxy groups -OCH3 is 1. The smallest absolute Gasteiger partial charge is 0.264 e. The zero-order chi connectivity index (χ0) is 35.0. The third-order valence-corrected chi connectivity index (χ3v) is 10.9. The summed E-state index contributed by atoms with van der Waals surface area (Å²) in [4.78, 5) is 30.8. The average Bonchev–Trinajstić information content (AvgIpc) is 3.09. The van der Waals surface area contributed by atoms with E-state index < -0.39 is 28.5 Å². The highest BCUT2D eigenvalue weighted by Crippen LogP contribution is 2.28. The Kier molecular flexibility index (Phi) is 11.8. The average molecular weight is 682 g/mol. The lowest BCUT2D eigenvalue weighted by Gasteiger charge is -2.35. The van der Waals surface area contributed by atoms with Gasteiger partial charge in [0.25, 0.3) is 10.0 Å². The van der Waals surface area contributed by atoms with Crippen molar-refractivity contribution in [2.45, 2.75) is 82.8 Å². The Balaban J connectivity index is 1.59. The van der Waals surface area contributed by atoms with Crippen LogP contribution in [0.1, 0.15) is 59.9 Å². The molecular weight excluding hydrogens is 635 g/mol. The molecule has 0 heterocycles. The molecule has 0 aromatic heterocycles. The lowest BCUT2D eigenvalue weighted by molar-refractivity contribution is -0.140. The molecule has 1 atom stereocenters. The standard InChI is InChI=1S/C40H47N3O5S/c1-29-18-20-37(21-19-29)49(46,47)43(35-23-30(2)22-31(3)24-35)28-39(44)42(27-33-14-11-17-36(25-33)48-4)38(26-32-12-7-5-8-13-32)40(45)41-34-15-9-6-10-16-34/h5,7-8,11-14,17-25,34,38H,6,9-10,15-16,26-28H2,1-4H3,(H,41,45). The molecule has 1 N–H and O–H groups in total. The number of hydrogen-bond acceptors (Lipinski definition) is 5. The van der Waals surface area contributed by atoms with Gasteiger partial charge >= 0.3 is 0 Å². The summed E-state index contributed by atoms with van der Waals surface area (Å²) < 4.78 is 35.4. The summed E-state index contributed by atoms with van der Waals surface area (Å²) in [7, 11) is -2.60. The fourth-order valence-electron chi connectivity index (χ4n) is 6.53. The Labute approximate surface area is 291 Å². The Morgan fingerprint density at radius 3 is 2.10 bits per heavy atom. The van der Waals surface area contributed by atoms with Crippen molar-refractivity contribution in [1.29, 1.82) is 0 Å². The van der Waals surface area contributed by atoms with Gasteiger partial charge in [0.05, 0.1) is 17.7 Å². The number of ether oxygens (including phenoxy) is 1. The van der Waals surface area contributed by atoms with Crippen molar-refractivity contribution >= 4 is 27.5 Å². The molecule has 0 aliphatic heterocycles. The fourth-order valence-corrected chi connectivity index (χ4v) is 7.92. The second kappa shape index (κ2) is 16.2. The zero-order valence-corrected chi connectivity index (χ0v) is 29.7. The van der Waals surface area contributed by atoms with Crippen molar-refractivity contribution < 1.29 is 22.7 Å². The van der Waals surface area contributed by atoms with E-state index in [0.29, 0.717) is 11.4 Å². The summed E-state index contributed by atoms with van der Waals surface area (Å²) in [6.07, 6.45) is 5.28. The molecule has 8 nitrogen and oxygen atoms in total. The molecule has 1 unspecified atom stereocenters. The molecule has 0 radical (unpaired) electrons. The number of nitrogens with zero attached hydrogens (tertiary/aromatic N) is 2. The van der Waals surface area contributed by atoms with Crippen molar-refractivity contribution in [3.05, 3.63) is 125 Å². The van der Waals surface area contributed by atoms with Crippen molar-refractivity contribution in [3.63, 3.8) is 0 Å². The molecule has 1 saturated carbocycles. The Bertz CT molecular complexity index is 1820. The Morgan fingerprint density at radius 1 is 0.796 bits per heavy atom. The van der Waals surface area contributed by atoms with Crippen LogP contribution in [0.3, 0.4) is 0 Å². The topological polar surface area (TPSA) is 96.0 Å². The van der Waals surface area contributed by atoms with Crippen LogP contribution in [-0.2, 0) is 32.6 Å². The van der Waals surface area contributed by atoms with Crippen LogP contribution in [0.2, 0.25) is 0 Å². The van der Waals surface area contributed by atoms with Crippen LogP contribution >= 0.6 is 0 Å². The minimum atomic E-state index is -4.18. The summed E-state index contributed by atoms with van der Waals surface area (Å²) in [6, 6.07) is 28.3. The van der Waals surface area contributed by atoms with Crippen molar-refractivity contribution in [3.8, 4) is 5.75 Å². The molecule has 0 saturated heterocycles. The van der Waals surface area contributed by atoms with Gasteiger partial charge in [-0.2, -0.15) is 0 Å². The van der Waals surface area contributed by atoms with E-state index in [1.807, 2.05) is 81.4 Å². The highest BCUT2D eigenvalue weighted by atomic mass is 32.2. The largest absolute Gasteiger partial charge is 0.497 e. The number of carbonyl (C=O) groups is 2. The predicted octanol–water partition coefficient (Wildman–Crippen LogP) is 6.90. The number of carbonyl (C=O) groups excluding carboxylic acids is 2. The first-order valence-corrected chi connectivity index (χ1v) is 18.4. The fraction of sp³-hybridized carbons (Fsp3) is 0.350. The van der Waals surface area contributed by atoms with Gasteiger partial charge in [0.15, 0.2) is 0 Å². The molecule has 4 aromatic carbocycles. The molecule has 258 valence electrons. The number of rotatable bonds is 13. The maximum Gasteiger partial charge on any atom is 0.264 e. The van der Waals surface area contributed by atoms with Gasteiger partial charge in [0.2, 0.25) is 11.8 Å². The van der Waals surface area contributed by atoms with Gasteiger partial charge in [-0.15, -0.1) is 0 Å². The minimum Gasteiger partial charge on any atom is -0.497 e. The molecule has 4 aromatic rings. The van der Waals surface area contributed by atoms with Crippen LogP contribution in [0.4, 0.5) is 5.69 Å². The number of anilines is 1. The first-order chi connectivity index (χ1) is 23.5. The minimum absolute atomic E-state index is 0.0296. The van der Waals surface area contributed by atoms with E-state index >= 15 is 0 Å². The molecular formula is C40H47N3O5S. The van der Waals surface area contributed by atoms with Crippen LogP contribution in [0.25, 0.3) is 0 Å². The number of amides is 2. The zero-order valence-electron chi connectivity index (χ0n) is 28.9. The first-order valence-electron chi connectivity index (χ1n) is 17.0. The van der Waals surface area contributed by atoms with E-state index in [2.05, 4.69) is 5.32 Å². The van der Waals surface area contributed by atoms with Gasteiger partial charge in [-0.1, -0.05) is 85.5 Å². The number of benzene rings is 4. The summed E-state index contributed by atoms with van der Waals surface area (Å²) in [5.74, 6) is -0.112. The third-order valence-electron chi connectivity index (χ3n) is 9.09. The molecule has 1 aliphatic carbocycles. The van der Waals surface area contributed by atoms with E-state index in [4.69, 9.17) is 4.74 Å². The van der Waals surface area contributed by atoms with E-state index in [1.165, 1.54) is 4.31 Å². The quantitative estimate of drug-likeness (QED) is 0.166. The lowest BCUT2D eigenvalue weighted by atomic mass is 9.94. The molecule has 2 amide bonds. The van der Waals surface area contributed by atoms with E-state index in [-0.39, 0.29) is 29.8 Å². The van der Waals surface area contributed by atoms with Gasteiger partial charge in [-0.25, -0.2) is 8.42 Å². The molecule has 49 heavy (non-hydrogen) atoms. The molecule has 0 spiro atoms. The third kappa shape index (κ3) is 9.29. The monoisotopic (exact) mass is 681 g/mol. The number of sulfonamides is 1. The highest BCUT2D eigenvalue weighted by molar-refractivity contribution is 7.92. The second-order valence-electron chi connectivity index (χ2n) is 13.1. The molecule has 1 fully saturated rings. The maximum absolute atomic E-state index is 14.8. The van der Waals surface area contributed by atoms with Crippen LogP contribution in [0.15, 0.2) is 102 Å². The van der Waals surface area contributed by atoms with Gasteiger partial charge in [-0.3, -0.25) is 13.9 Å². The van der Waals surface area contributed by atoms with Crippen LogP contribution in [-0.4, -0.2) is 50.9 Å². The number of nitrogens with one attached hydrogen (secondary N) is 1. The SMILES string of the molecule is COc1cccc(CN(C(=O)CN(c2cc(C)cc(C)c2)S(=O)(=O)c2ccc(C)cc2)C(Cc2ccccc2)C(=O)NC2CCCCC2)c1. The van der Waals surface area contributed by atoms with Crippen LogP contribution in [0, 0.1) is 20.8 Å². The van der Waals surface area contributed by atoms with E-state index in [9.17, 15) is 18.0 Å². The van der Waals surface area contributed by atoms with E-state index in [1.54, 1.807) is 48.4 Å². The summed E-state index contributed by atoms with van der Waals surface area (Å²) in [5.41, 5.74) is 4.70. The second-order valence-corrected chi connectivity index (χ2v) is 15.0. The number of hydrogen-bond donors (Lipinski definition) is 1. The molecule has 1 aliphatic rings. The van der Waals surface area contributed by atoms with Crippen molar-refractivity contribution in [2.24, 2.45) is 0 Å². The Hall–Kier alpha value is -4.63. The van der Waals surface area contributed by atoms with E-state index in [0.717, 1.165) is 59.9 Å².